The van der Waals surface area contributed by atoms with Gasteiger partial charge in [0.25, 0.3) is 15.9 Å². The van der Waals surface area contributed by atoms with Gasteiger partial charge in [-0.2, -0.15) is 5.10 Å². The summed E-state index contributed by atoms with van der Waals surface area (Å²) in [7, 11) is -3.92. The lowest BCUT2D eigenvalue weighted by molar-refractivity contribution is 0.0696. The summed E-state index contributed by atoms with van der Waals surface area (Å²) in [5.41, 5.74) is 4.95. The van der Waals surface area contributed by atoms with E-state index in [4.69, 9.17) is 0 Å². The minimum absolute atomic E-state index is 0.0380. The average molecular weight is 452 g/mol. The summed E-state index contributed by atoms with van der Waals surface area (Å²) in [6.45, 7) is 3.71. The van der Waals surface area contributed by atoms with E-state index in [1.54, 1.807) is 37.3 Å². The lowest BCUT2D eigenvalue weighted by Gasteiger charge is -2.12. The topological polar surface area (TPSA) is 125 Å². The maximum Gasteiger partial charge on any atom is 0.336 e. The molecule has 0 heterocycles. The van der Waals surface area contributed by atoms with Crippen molar-refractivity contribution in [1.29, 1.82) is 0 Å². The predicted octanol–water partition coefficient (Wildman–Crippen LogP) is 3.57. The number of benzene rings is 3. The fourth-order valence-corrected chi connectivity index (χ4v) is 4.14. The van der Waals surface area contributed by atoms with E-state index in [0.29, 0.717) is 11.3 Å². The zero-order valence-electron chi connectivity index (χ0n) is 17.4. The van der Waals surface area contributed by atoms with Gasteiger partial charge in [0.1, 0.15) is 0 Å². The Labute approximate surface area is 185 Å². The molecule has 0 aromatic heterocycles. The molecule has 32 heavy (non-hydrogen) atoms. The van der Waals surface area contributed by atoms with Crippen LogP contribution in [0.1, 0.15) is 37.4 Å². The van der Waals surface area contributed by atoms with Gasteiger partial charge >= 0.3 is 5.97 Å². The number of rotatable bonds is 7. The van der Waals surface area contributed by atoms with Crippen molar-refractivity contribution in [1.82, 2.24) is 5.43 Å². The van der Waals surface area contributed by atoms with E-state index in [2.05, 4.69) is 15.2 Å². The van der Waals surface area contributed by atoms with Gasteiger partial charge in [0, 0.05) is 11.1 Å². The number of carboxylic acid groups (broad SMARTS) is 1. The molecule has 0 bridgehead atoms. The van der Waals surface area contributed by atoms with Gasteiger partial charge in [-0.25, -0.2) is 18.6 Å². The number of anilines is 1. The zero-order valence-corrected chi connectivity index (χ0v) is 18.2. The van der Waals surface area contributed by atoms with E-state index in [1.807, 2.05) is 13.0 Å². The molecule has 164 valence electrons. The Balaban J connectivity index is 1.76. The summed E-state index contributed by atoms with van der Waals surface area (Å²) in [6, 6.07) is 17.1. The molecule has 0 aliphatic heterocycles. The summed E-state index contributed by atoms with van der Waals surface area (Å²) in [6.07, 6.45) is 1.21. The van der Waals surface area contributed by atoms with E-state index in [1.165, 1.54) is 36.5 Å². The summed E-state index contributed by atoms with van der Waals surface area (Å²) in [5, 5.41) is 13.0. The normalized spacial score (nSPS) is 11.3. The zero-order chi connectivity index (χ0) is 23.3. The third-order valence-corrected chi connectivity index (χ3v) is 5.96. The minimum Gasteiger partial charge on any atom is -0.478 e. The van der Waals surface area contributed by atoms with Crippen LogP contribution in [0.2, 0.25) is 0 Å². The maximum atomic E-state index is 12.8. The molecule has 3 aromatic carbocycles. The van der Waals surface area contributed by atoms with Crippen LogP contribution in [0.15, 0.2) is 76.7 Å². The molecule has 0 saturated heterocycles. The van der Waals surface area contributed by atoms with Crippen LogP contribution in [0.4, 0.5) is 5.69 Å². The van der Waals surface area contributed by atoms with Crippen LogP contribution in [0, 0.1) is 13.8 Å². The lowest BCUT2D eigenvalue weighted by Crippen LogP contribution is -2.19. The van der Waals surface area contributed by atoms with Crippen molar-refractivity contribution in [3.05, 3.63) is 94.5 Å². The number of sulfonamides is 1. The number of amides is 1. The monoisotopic (exact) mass is 451 g/mol. The van der Waals surface area contributed by atoms with E-state index < -0.39 is 21.9 Å². The van der Waals surface area contributed by atoms with Crippen molar-refractivity contribution in [2.24, 2.45) is 5.10 Å². The van der Waals surface area contributed by atoms with E-state index in [0.717, 1.165) is 11.1 Å². The van der Waals surface area contributed by atoms with Crippen molar-refractivity contribution in [2.45, 2.75) is 18.7 Å². The molecule has 1 amide bonds. The van der Waals surface area contributed by atoms with E-state index >= 15 is 0 Å². The van der Waals surface area contributed by atoms with Crippen LogP contribution in [-0.2, 0) is 10.0 Å². The van der Waals surface area contributed by atoms with Crippen LogP contribution in [0.3, 0.4) is 0 Å². The highest BCUT2D eigenvalue weighted by molar-refractivity contribution is 7.92. The molecular weight excluding hydrogens is 430 g/mol. The molecule has 0 atom stereocenters. The van der Waals surface area contributed by atoms with Crippen molar-refractivity contribution >= 4 is 33.8 Å². The Morgan fingerprint density at radius 2 is 1.72 bits per heavy atom. The fraction of sp³-hybridized carbons (Fsp3) is 0.0870. The first kappa shape index (κ1) is 22.7. The van der Waals surface area contributed by atoms with Gasteiger partial charge in [0.2, 0.25) is 0 Å². The highest BCUT2D eigenvalue weighted by atomic mass is 32.2. The predicted molar refractivity (Wildman–Crippen MR) is 122 cm³/mol. The summed E-state index contributed by atoms with van der Waals surface area (Å²) in [4.78, 5) is 23.6. The molecule has 3 rings (SSSR count). The van der Waals surface area contributed by atoms with Gasteiger partial charge in [-0.05, 0) is 49.7 Å². The molecule has 0 saturated carbocycles. The number of carboxylic acids is 1. The Morgan fingerprint density at radius 3 is 2.44 bits per heavy atom. The van der Waals surface area contributed by atoms with Crippen molar-refractivity contribution in [2.75, 3.05) is 4.72 Å². The Kier molecular flexibility index (Phi) is 6.70. The summed E-state index contributed by atoms with van der Waals surface area (Å²) in [5.74, 6) is -1.76. The number of nitrogens with zero attached hydrogens (tertiary/aromatic N) is 1. The minimum atomic E-state index is -3.92. The SMILES string of the molecule is Cc1ccc(NS(=O)(=O)c2cccc(C(=O)N/N=C/c3ccccc3C(=O)O)c2)c(C)c1. The maximum absolute atomic E-state index is 12.8. The highest BCUT2D eigenvalue weighted by Gasteiger charge is 2.17. The molecule has 0 aliphatic carbocycles. The Bertz CT molecular complexity index is 1320. The molecule has 0 aliphatic rings. The van der Waals surface area contributed by atoms with Gasteiger partial charge < -0.3 is 5.11 Å². The Hall–Kier alpha value is -3.98. The fourth-order valence-electron chi connectivity index (χ4n) is 2.97. The van der Waals surface area contributed by atoms with Crippen LogP contribution in [0.5, 0.6) is 0 Å². The molecule has 3 N–H and O–H groups in total. The first-order chi connectivity index (χ1) is 15.2. The summed E-state index contributed by atoms with van der Waals surface area (Å²) >= 11 is 0. The number of aryl methyl sites for hydroxylation is 2. The molecule has 0 spiro atoms. The third-order valence-electron chi connectivity index (χ3n) is 4.59. The number of hydrazone groups is 1. The highest BCUT2D eigenvalue weighted by Crippen LogP contribution is 2.21. The number of nitrogens with one attached hydrogen (secondary N) is 2. The smallest absolute Gasteiger partial charge is 0.336 e. The molecule has 9 heteroatoms. The van der Waals surface area contributed by atoms with Gasteiger partial charge in [-0.3, -0.25) is 9.52 Å². The number of hydrogen-bond acceptors (Lipinski definition) is 5. The molecule has 0 fully saturated rings. The first-order valence-corrected chi connectivity index (χ1v) is 11.0. The largest absolute Gasteiger partial charge is 0.478 e. The first-order valence-electron chi connectivity index (χ1n) is 9.53. The molecule has 8 nitrogen and oxygen atoms in total. The lowest BCUT2D eigenvalue weighted by atomic mass is 10.1. The Morgan fingerprint density at radius 1 is 0.969 bits per heavy atom. The van der Waals surface area contributed by atoms with Gasteiger partial charge in [0.15, 0.2) is 0 Å². The van der Waals surface area contributed by atoms with E-state index in [-0.39, 0.29) is 16.0 Å². The van der Waals surface area contributed by atoms with Gasteiger partial charge in [0.05, 0.1) is 22.4 Å². The summed E-state index contributed by atoms with van der Waals surface area (Å²) < 4.78 is 28.1. The van der Waals surface area contributed by atoms with E-state index in [9.17, 15) is 23.1 Å². The molecule has 0 radical (unpaired) electrons. The van der Waals surface area contributed by atoms with Crippen molar-refractivity contribution in [3.63, 3.8) is 0 Å². The number of carbonyl (C=O) groups is 2. The quantitative estimate of drug-likeness (QED) is 0.374. The second kappa shape index (κ2) is 9.44. The number of hydrogen-bond donors (Lipinski definition) is 3. The van der Waals surface area contributed by atoms with Crippen LogP contribution < -0.4 is 10.1 Å². The standard InChI is InChI=1S/C23H21N3O5S/c1-15-10-11-21(16(2)12-15)26-32(30,31)19-8-5-7-17(13-19)22(27)25-24-14-18-6-3-4-9-20(18)23(28)29/h3-14,26H,1-2H3,(H,25,27)(H,28,29)/b24-14+. The molecular formula is C23H21N3O5S. The van der Waals surface area contributed by atoms with Crippen LogP contribution >= 0.6 is 0 Å². The van der Waals surface area contributed by atoms with Gasteiger partial charge in [-0.15, -0.1) is 0 Å². The van der Waals surface area contributed by atoms with Crippen LogP contribution in [-0.4, -0.2) is 31.6 Å². The second-order valence-corrected chi connectivity index (χ2v) is 8.73. The number of carbonyl (C=O) groups excluding carboxylic acids is 1. The third kappa shape index (κ3) is 5.38. The molecule has 0 unspecified atom stereocenters. The number of aromatic carboxylic acids is 1. The van der Waals surface area contributed by atoms with Crippen molar-refractivity contribution < 1.29 is 23.1 Å². The second-order valence-electron chi connectivity index (χ2n) is 7.04. The van der Waals surface area contributed by atoms with Gasteiger partial charge in [-0.1, -0.05) is 42.0 Å². The van der Waals surface area contributed by atoms with Crippen LogP contribution in [0.25, 0.3) is 0 Å². The average Bonchev–Trinajstić information content (AvgIpc) is 2.76. The molecule has 3 aromatic rings. The van der Waals surface area contributed by atoms with Crippen molar-refractivity contribution in [3.8, 4) is 0 Å².